The lowest BCUT2D eigenvalue weighted by Crippen LogP contribution is -2.43. The van der Waals surface area contributed by atoms with Gasteiger partial charge in [-0.05, 0) is 75.9 Å². The molecule has 0 unspecified atom stereocenters. The first kappa shape index (κ1) is 28.5. The molecule has 0 atom stereocenters. The Hall–Kier alpha value is -4.47. The Labute approximate surface area is 240 Å². The molecular weight excluding hydrogens is 576 g/mol. The number of esters is 1. The highest BCUT2D eigenvalue weighted by atomic mass is 79.9. The molecule has 0 aliphatic heterocycles. The van der Waals surface area contributed by atoms with E-state index in [0.717, 1.165) is 0 Å². The summed E-state index contributed by atoms with van der Waals surface area (Å²) in [6.07, 6.45) is 1.40. The maximum Gasteiger partial charge on any atom is 0.343 e. The molecule has 0 aliphatic rings. The van der Waals surface area contributed by atoms with Gasteiger partial charge in [0, 0.05) is 0 Å². The largest absolute Gasteiger partial charge is 0.497 e. The maximum atomic E-state index is 13.3. The van der Waals surface area contributed by atoms with Crippen molar-refractivity contribution < 1.29 is 28.9 Å². The van der Waals surface area contributed by atoms with Gasteiger partial charge >= 0.3 is 5.97 Å². The summed E-state index contributed by atoms with van der Waals surface area (Å²) < 4.78 is 16.9. The van der Waals surface area contributed by atoms with E-state index in [-0.39, 0.29) is 5.75 Å². The van der Waals surface area contributed by atoms with Crippen LogP contribution in [0.15, 0.2) is 107 Å². The Morgan fingerprint density at radius 2 is 1.55 bits per heavy atom. The summed E-state index contributed by atoms with van der Waals surface area (Å²) in [6, 6.07) is 27.1. The van der Waals surface area contributed by atoms with E-state index >= 15 is 0 Å². The molecule has 204 valence electrons. The number of nitrogens with zero attached hydrogens (tertiary/aromatic N) is 1. The predicted molar refractivity (Wildman–Crippen MR) is 155 cm³/mol. The number of hydrogen-bond acceptors (Lipinski definition) is 7. The van der Waals surface area contributed by atoms with Gasteiger partial charge in [0.1, 0.15) is 5.75 Å². The number of carbonyl (C=O) groups is 2. The lowest BCUT2D eigenvalue weighted by atomic mass is 9.85. The zero-order chi connectivity index (χ0) is 28.5. The van der Waals surface area contributed by atoms with Crippen LogP contribution in [0.25, 0.3) is 0 Å². The molecule has 0 bridgehead atoms. The van der Waals surface area contributed by atoms with Gasteiger partial charge in [-0.15, -0.1) is 0 Å². The number of aliphatic hydroxyl groups is 1. The predicted octanol–water partition coefficient (Wildman–Crippen LogP) is 5.46. The smallest absolute Gasteiger partial charge is 0.343 e. The SMILES string of the molecule is CCOc1cc(/C=N\NC(=O)C(O)(c2ccccc2)c2ccccc2)cc(Br)c1OC(=O)c1ccc(OC)cc1. The number of rotatable bonds is 10. The monoisotopic (exact) mass is 602 g/mol. The summed E-state index contributed by atoms with van der Waals surface area (Å²) in [6.45, 7) is 2.12. The Morgan fingerprint density at radius 3 is 2.10 bits per heavy atom. The first-order chi connectivity index (χ1) is 19.4. The molecule has 0 saturated carbocycles. The Kier molecular flexibility index (Phi) is 9.31. The molecule has 0 fully saturated rings. The fraction of sp³-hybridized carbons (Fsp3) is 0.129. The van der Waals surface area contributed by atoms with Crippen LogP contribution >= 0.6 is 15.9 Å². The van der Waals surface area contributed by atoms with Gasteiger partial charge in [-0.2, -0.15) is 5.10 Å². The van der Waals surface area contributed by atoms with Gasteiger partial charge in [-0.25, -0.2) is 10.2 Å². The highest BCUT2D eigenvalue weighted by Crippen LogP contribution is 2.37. The molecule has 1 amide bonds. The molecule has 4 aromatic carbocycles. The average Bonchev–Trinajstić information content (AvgIpc) is 2.99. The third kappa shape index (κ3) is 6.39. The number of ether oxygens (including phenoxy) is 3. The summed E-state index contributed by atoms with van der Waals surface area (Å²) >= 11 is 3.44. The molecule has 0 spiro atoms. The van der Waals surface area contributed by atoms with Crippen molar-refractivity contribution in [3.05, 3.63) is 124 Å². The highest BCUT2D eigenvalue weighted by Gasteiger charge is 2.39. The van der Waals surface area contributed by atoms with Crippen molar-refractivity contribution in [3.63, 3.8) is 0 Å². The van der Waals surface area contributed by atoms with Gasteiger partial charge in [0.05, 0.1) is 30.0 Å². The first-order valence-electron chi connectivity index (χ1n) is 12.4. The number of nitrogens with one attached hydrogen (secondary N) is 1. The van der Waals surface area contributed by atoms with Crippen LogP contribution in [-0.4, -0.2) is 36.9 Å². The van der Waals surface area contributed by atoms with Gasteiger partial charge in [-0.1, -0.05) is 60.7 Å². The fourth-order valence-corrected chi connectivity index (χ4v) is 4.48. The molecule has 9 heteroatoms. The van der Waals surface area contributed by atoms with E-state index in [1.54, 1.807) is 111 Å². The van der Waals surface area contributed by atoms with E-state index in [0.29, 0.717) is 44.8 Å². The molecule has 0 aromatic heterocycles. The molecule has 0 radical (unpaired) electrons. The van der Waals surface area contributed by atoms with Crippen molar-refractivity contribution in [1.29, 1.82) is 0 Å². The van der Waals surface area contributed by atoms with E-state index in [9.17, 15) is 14.7 Å². The van der Waals surface area contributed by atoms with Crippen LogP contribution in [0.1, 0.15) is 34.0 Å². The number of benzene rings is 4. The minimum atomic E-state index is -1.96. The molecular formula is C31H27BrN2O6. The topological polar surface area (TPSA) is 106 Å². The fourth-order valence-electron chi connectivity index (χ4n) is 3.94. The minimum Gasteiger partial charge on any atom is -0.497 e. The van der Waals surface area contributed by atoms with Crippen molar-refractivity contribution in [2.45, 2.75) is 12.5 Å². The lowest BCUT2D eigenvalue weighted by Gasteiger charge is -2.27. The average molecular weight is 603 g/mol. The van der Waals surface area contributed by atoms with Crippen molar-refractivity contribution >= 4 is 34.0 Å². The molecule has 4 rings (SSSR count). The summed E-state index contributed by atoms with van der Waals surface area (Å²) in [7, 11) is 1.54. The molecule has 4 aromatic rings. The van der Waals surface area contributed by atoms with Gasteiger partial charge in [0.25, 0.3) is 5.91 Å². The molecule has 8 nitrogen and oxygen atoms in total. The Bertz CT molecular complexity index is 1450. The Balaban J connectivity index is 1.55. The molecule has 0 aliphatic carbocycles. The molecule has 2 N–H and O–H groups in total. The highest BCUT2D eigenvalue weighted by molar-refractivity contribution is 9.10. The summed E-state index contributed by atoms with van der Waals surface area (Å²) in [4.78, 5) is 26.0. The zero-order valence-electron chi connectivity index (χ0n) is 21.8. The summed E-state index contributed by atoms with van der Waals surface area (Å²) in [5.74, 6) is -0.174. The van der Waals surface area contributed by atoms with E-state index < -0.39 is 17.5 Å². The first-order valence-corrected chi connectivity index (χ1v) is 13.2. The van der Waals surface area contributed by atoms with E-state index in [1.807, 2.05) is 0 Å². The number of hydrazone groups is 1. The Morgan fingerprint density at radius 1 is 0.950 bits per heavy atom. The van der Waals surface area contributed by atoms with Crippen molar-refractivity contribution in [3.8, 4) is 17.2 Å². The number of carbonyl (C=O) groups excluding carboxylic acids is 2. The lowest BCUT2D eigenvalue weighted by molar-refractivity contribution is -0.136. The molecule has 0 saturated heterocycles. The summed E-state index contributed by atoms with van der Waals surface area (Å²) in [5.41, 5.74) is 2.17. The van der Waals surface area contributed by atoms with Crippen molar-refractivity contribution in [2.24, 2.45) is 5.10 Å². The quantitative estimate of drug-likeness (QED) is 0.108. The standard InChI is InChI=1S/C31H27BrN2O6/c1-3-39-27-19-21(18-26(32)28(27)40-29(35)22-14-16-25(38-2)17-15-22)20-33-34-30(36)31(37,23-10-6-4-7-11-23)24-12-8-5-9-13-24/h4-20,37H,3H2,1-2H3,(H,34,36)/b33-20-. The minimum absolute atomic E-state index is 0.200. The summed E-state index contributed by atoms with van der Waals surface area (Å²) in [5, 5.41) is 15.6. The van der Waals surface area contributed by atoms with Gasteiger partial charge in [0.2, 0.25) is 0 Å². The number of methoxy groups -OCH3 is 1. The molecule has 40 heavy (non-hydrogen) atoms. The van der Waals surface area contributed by atoms with Crippen LogP contribution < -0.4 is 19.6 Å². The zero-order valence-corrected chi connectivity index (χ0v) is 23.4. The second-order valence-electron chi connectivity index (χ2n) is 8.52. The van der Waals surface area contributed by atoms with Crippen LogP contribution in [0.3, 0.4) is 0 Å². The number of hydrogen-bond donors (Lipinski definition) is 2. The van der Waals surface area contributed by atoms with Crippen LogP contribution in [0.5, 0.6) is 17.2 Å². The third-order valence-corrected chi connectivity index (χ3v) is 6.53. The van der Waals surface area contributed by atoms with Gasteiger partial charge in [0.15, 0.2) is 17.1 Å². The van der Waals surface area contributed by atoms with Crippen LogP contribution in [0, 0.1) is 0 Å². The third-order valence-electron chi connectivity index (χ3n) is 5.94. The van der Waals surface area contributed by atoms with Crippen molar-refractivity contribution in [1.82, 2.24) is 5.43 Å². The molecule has 0 heterocycles. The number of amides is 1. The van der Waals surface area contributed by atoms with Gasteiger partial charge in [-0.3, -0.25) is 4.79 Å². The number of halogens is 1. The maximum absolute atomic E-state index is 13.3. The second kappa shape index (κ2) is 13.1. The van der Waals surface area contributed by atoms with Crippen LogP contribution in [0.4, 0.5) is 0 Å². The van der Waals surface area contributed by atoms with Gasteiger partial charge < -0.3 is 19.3 Å². The van der Waals surface area contributed by atoms with E-state index in [2.05, 4.69) is 26.5 Å². The van der Waals surface area contributed by atoms with Crippen LogP contribution in [0.2, 0.25) is 0 Å². The van der Waals surface area contributed by atoms with Crippen LogP contribution in [-0.2, 0) is 10.4 Å². The second-order valence-corrected chi connectivity index (χ2v) is 9.38. The van der Waals surface area contributed by atoms with Crippen molar-refractivity contribution in [2.75, 3.05) is 13.7 Å². The van der Waals surface area contributed by atoms with E-state index in [4.69, 9.17) is 14.2 Å². The van der Waals surface area contributed by atoms with E-state index in [1.165, 1.54) is 6.21 Å². The normalized spacial score (nSPS) is 11.2.